The fourth-order valence-electron chi connectivity index (χ4n) is 5.87. The lowest BCUT2D eigenvalue weighted by atomic mass is 9.75. The first-order valence-electron chi connectivity index (χ1n) is 10.5. The predicted molar refractivity (Wildman–Crippen MR) is 111 cm³/mol. The summed E-state index contributed by atoms with van der Waals surface area (Å²) in [5.41, 5.74) is 5.00. The maximum Gasteiger partial charge on any atom is 0.218 e. The van der Waals surface area contributed by atoms with Crippen molar-refractivity contribution in [2.45, 2.75) is 38.3 Å². The first-order chi connectivity index (χ1) is 14.5. The van der Waals surface area contributed by atoms with Crippen LogP contribution in [0.4, 0.5) is 0 Å². The third-order valence-corrected chi connectivity index (χ3v) is 7.12. The zero-order valence-corrected chi connectivity index (χ0v) is 16.9. The van der Waals surface area contributed by atoms with Gasteiger partial charge in [0.25, 0.3) is 0 Å². The van der Waals surface area contributed by atoms with Gasteiger partial charge < -0.3 is 14.4 Å². The molecule has 2 unspecified atom stereocenters. The van der Waals surface area contributed by atoms with Gasteiger partial charge in [-0.2, -0.15) is 0 Å². The zero-order valence-electron chi connectivity index (χ0n) is 16.9. The summed E-state index contributed by atoms with van der Waals surface area (Å²) >= 11 is 0. The van der Waals surface area contributed by atoms with E-state index in [-0.39, 0.29) is 35.5 Å². The second-order valence-corrected chi connectivity index (χ2v) is 8.81. The topological polar surface area (TPSA) is 55.8 Å². The molecule has 0 aromatic heterocycles. The van der Waals surface area contributed by atoms with Crippen molar-refractivity contribution in [1.29, 1.82) is 0 Å². The Balaban J connectivity index is 1.51. The highest BCUT2D eigenvalue weighted by Crippen LogP contribution is 2.54. The molecule has 2 aromatic carbocycles. The molecule has 0 saturated carbocycles. The molecule has 4 aliphatic rings. The van der Waals surface area contributed by atoms with Crippen molar-refractivity contribution in [2.24, 2.45) is 11.8 Å². The number of aryl methyl sites for hydroxylation is 2. The van der Waals surface area contributed by atoms with Gasteiger partial charge in [-0.25, -0.2) is 0 Å². The van der Waals surface area contributed by atoms with Crippen molar-refractivity contribution in [1.82, 2.24) is 4.90 Å². The number of rotatable bonds is 2. The highest BCUT2D eigenvalue weighted by molar-refractivity contribution is 6.03. The van der Waals surface area contributed by atoms with E-state index in [0.29, 0.717) is 12.2 Å². The van der Waals surface area contributed by atoms with E-state index >= 15 is 0 Å². The van der Waals surface area contributed by atoms with Crippen molar-refractivity contribution in [3.05, 3.63) is 76.5 Å². The van der Waals surface area contributed by atoms with E-state index in [1.165, 1.54) is 0 Å². The van der Waals surface area contributed by atoms with E-state index in [9.17, 15) is 9.59 Å². The lowest BCUT2D eigenvalue weighted by molar-refractivity contribution is -0.164. The monoisotopic (exact) mass is 401 g/mol. The molecular formula is C25H23NO4. The maximum atomic E-state index is 13.9. The Labute approximate surface area is 175 Å². The zero-order chi connectivity index (χ0) is 20.6. The van der Waals surface area contributed by atoms with Gasteiger partial charge in [0.1, 0.15) is 0 Å². The van der Waals surface area contributed by atoms with Gasteiger partial charge in [0.05, 0.1) is 30.7 Å². The molecule has 0 amide bonds. The first-order valence-corrected chi connectivity index (χ1v) is 10.5. The number of Topliss-reactive ketones (excluding diaryl/α,β-unsaturated/α-hetero) is 2. The van der Waals surface area contributed by atoms with Crippen LogP contribution in [0.15, 0.2) is 48.7 Å². The lowest BCUT2D eigenvalue weighted by Crippen LogP contribution is -2.48. The molecule has 3 fully saturated rings. The fourth-order valence-corrected chi connectivity index (χ4v) is 5.87. The quantitative estimate of drug-likeness (QED) is 0.722. The van der Waals surface area contributed by atoms with Crippen LogP contribution in [0.25, 0.3) is 6.08 Å². The van der Waals surface area contributed by atoms with Gasteiger partial charge in [0.15, 0.2) is 11.6 Å². The molecule has 2 bridgehead atoms. The summed E-state index contributed by atoms with van der Waals surface area (Å²) in [6.45, 7) is 4.36. The van der Waals surface area contributed by atoms with Gasteiger partial charge in [0, 0.05) is 17.7 Å². The molecule has 0 radical (unpaired) electrons. The average molecular weight is 401 g/mol. The highest BCUT2D eigenvalue weighted by atomic mass is 16.7. The summed E-state index contributed by atoms with van der Waals surface area (Å²) in [4.78, 5) is 29.3. The number of ketones is 2. The lowest BCUT2D eigenvalue weighted by Gasteiger charge is -2.34. The minimum Gasteiger partial charge on any atom is -0.359 e. The minimum absolute atomic E-state index is 0.0372. The molecule has 4 heterocycles. The first kappa shape index (κ1) is 18.0. The minimum atomic E-state index is -0.800. The molecule has 0 aliphatic carbocycles. The molecule has 3 saturated heterocycles. The molecule has 6 atom stereocenters. The van der Waals surface area contributed by atoms with Gasteiger partial charge in [-0.15, -0.1) is 0 Å². The van der Waals surface area contributed by atoms with Crippen LogP contribution in [-0.4, -0.2) is 41.5 Å². The Bertz CT molecular complexity index is 1110. The number of hydrogen-bond acceptors (Lipinski definition) is 5. The van der Waals surface area contributed by atoms with E-state index in [4.69, 9.17) is 9.47 Å². The van der Waals surface area contributed by atoms with Gasteiger partial charge in [0.2, 0.25) is 6.29 Å². The van der Waals surface area contributed by atoms with Crippen LogP contribution in [0.2, 0.25) is 0 Å². The summed E-state index contributed by atoms with van der Waals surface area (Å²) in [6.07, 6.45) is 3.00. The number of carbonyl (C=O) groups excluding carboxylic acids is 2. The molecule has 5 heteroatoms. The number of ether oxygens (including phenoxy) is 2. The van der Waals surface area contributed by atoms with Gasteiger partial charge in [-0.05, 0) is 36.6 Å². The Morgan fingerprint density at radius 2 is 1.97 bits per heavy atom. The van der Waals surface area contributed by atoms with Crippen molar-refractivity contribution < 1.29 is 19.1 Å². The third kappa shape index (κ3) is 2.36. The van der Waals surface area contributed by atoms with E-state index in [1.54, 1.807) is 0 Å². The number of nitrogens with zero attached hydrogens (tertiary/aromatic N) is 1. The smallest absolute Gasteiger partial charge is 0.218 e. The average Bonchev–Trinajstić information content (AvgIpc) is 3.33. The summed E-state index contributed by atoms with van der Waals surface area (Å²) in [5, 5.41) is 0. The van der Waals surface area contributed by atoms with Crippen LogP contribution in [0.1, 0.15) is 38.7 Å². The number of carbonyl (C=O) groups is 2. The number of fused-ring (bicyclic) bond motifs is 8. The van der Waals surface area contributed by atoms with E-state index in [0.717, 1.165) is 22.3 Å². The van der Waals surface area contributed by atoms with Crippen LogP contribution in [0, 0.1) is 25.7 Å². The second kappa shape index (κ2) is 6.37. The molecule has 6 rings (SSSR count). The largest absolute Gasteiger partial charge is 0.359 e. The van der Waals surface area contributed by atoms with Crippen LogP contribution in [0.5, 0.6) is 0 Å². The SMILES string of the molecule is Cc1ccc(C(=O)[C@@H]2[C@@H]3C4COC(O4)C(=O)[C@@H]3[C@@H]3c4ccccc4C=CN23)c(C)c1. The van der Waals surface area contributed by atoms with Gasteiger partial charge in [-0.1, -0.05) is 48.0 Å². The van der Waals surface area contributed by atoms with Crippen LogP contribution in [-0.2, 0) is 14.3 Å². The van der Waals surface area contributed by atoms with Crippen molar-refractivity contribution in [3.8, 4) is 0 Å². The summed E-state index contributed by atoms with van der Waals surface area (Å²) in [6, 6.07) is 13.4. The molecule has 5 nitrogen and oxygen atoms in total. The van der Waals surface area contributed by atoms with Crippen molar-refractivity contribution in [2.75, 3.05) is 6.61 Å². The molecule has 0 N–H and O–H groups in total. The molecule has 152 valence electrons. The second-order valence-electron chi connectivity index (χ2n) is 8.81. The fraction of sp³-hybridized carbons (Fsp3) is 0.360. The highest BCUT2D eigenvalue weighted by Gasteiger charge is 2.63. The summed E-state index contributed by atoms with van der Waals surface area (Å²) < 4.78 is 11.6. The van der Waals surface area contributed by atoms with Gasteiger partial charge in [-0.3, -0.25) is 9.59 Å². The number of hydrogen-bond donors (Lipinski definition) is 0. The van der Waals surface area contributed by atoms with Crippen molar-refractivity contribution in [3.63, 3.8) is 0 Å². The summed E-state index contributed by atoms with van der Waals surface area (Å²) in [7, 11) is 0. The third-order valence-electron chi connectivity index (χ3n) is 7.12. The maximum absolute atomic E-state index is 13.9. The molecule has 2 aromatic rings. The number of benzene rings is 2. The molecular weight excluding hydrogens is 378 g/mol. The van der Waals surface area contributed by atoms with E-state index in [2.05, 4.69) is 17.0 Å². The van der Waals surface area contributed by atoms with Gasteiger partial charge >= 0.3 is 0 Å². The van der Waals surface area contributed by atoms with Crippen LogP contribution < -0.4 is 0 Å². The standard InChI is InChI=1S/C25H23NO4/c1-13-7-8-16(14(2)11-13)23(27)22-19-18-12-29-25(30-18)24(28)20(19)21-17-6-4-3-5-15(17)9-10-26(21)22/h3-11,18-22,25H,12H2,1-2H3/t18?,19-,20+,21+,22+,25?/m1/s1. The van der Waals surface area contributed by atoms with Crippen LogP contribution in [0.3, 0.4) is 0 Å². The van der Waals surface area contributed by atoms with E-state index in [1.807, 2.05) is 56.5 Å². The van der Waals surface area contributed by atoms with Crippen LogP contribution >= 0.6 is 0 Å². The molecule has 0 spiro atoms. The molecule has 30 heavy (non-hydrogen) atoms. The van der Waals surface area contributed by atoms with E-state index < -0.39 is 12.3 Å². The Kier molecular flexibility index (Phi) is 3.83. The predicted octanol–water partition coefficient (Wildman–Crippen LogP) is 3.45. The normalized spacial score (nSPS) is 33.3. The Hall–Kier alpha value is -2.76. The van der Waals surface area contributed by atoms with Crippen molar-refractivity contribution >= 4 is 17.6 Å². The Morgan fingerprint density at radius 3 is 2.80 bits per heavy atom. The Morgan fingerprint density at radius 1 is 1.13 bits per heavy atom. The molecule has 4 aliphatic heterocycles. The summed E-state index contributed by atoms with van der Waals surface area (Å²) in [5.74, 6) is -0.534.